The van der Waals surface area contributed by atoms with Gasteiger partial charge >= 0.3 is 0 Å². The van der Waals surface area contributed by atoms with Gasteiger partial charge in [-0.05, 0) is 38.6 Å². The minimum Gasteiger partial charge on any atom is -0.398 e. The average molecular weight is 307 g/mol. The van der Waals surface area contributed by atoms with Gasteiger partial charge in [-0.3, -0.25) is 9.67 Å². The van der Waals surface area contributed by atoms with Crippen molar-refractivity contribution in [2.45, 2.75) is 19.4 Å². The van der Waals surface area contributed by atoms with E-state index in [1.54, 1.807) is 0 Å². The Morgan fingerprint density at radius 2 is 2.04 bits per heavy atom. The number of nitrogens with two attached hydrogens (primary N) is 1. The normalized spacial score (nSPS) is 13.3. The van der Waals surface area contributed by atoms with Gasteiger partial charge in [-0.1, -0.05) is 18.2 Å². The number of para-hydroxylation sites is 1. The molecule has 2 aromatic heterocycles. The number of likely N-dealkylation sites (N-methyl/N-ethyl adjacent to an activating group) is 1. The van der Waals surface area contributed by atoms with Gasteiger partial charge in [0.2, 0.25) is 0 Å². The zero-order valence-electron chi connectivity index (χ0n) is 13.6. The van der Waals surface area contributed by atoms with E-state index in [1.165, 1.54) is 5.56 Å². The van der Waals surface area contributed by atoms with Gasteiger partial charge in [0.25, 0.3) is 0 Å². The maximum Gasteiger partial charge on any atom is 0.0994 e. The Hall–Kier alpha value is -2.40. The summed E-state index contributed by atoms with van der Waals surface area (Å²) in [6, 6.07) is 8.07. The molecule has 0 spiro atoms. The highest BCUT2D eigenvalue weighted by Crippen LogP contribution is 2.38. The molecule has 5 nitrogen and oxygen atoms in total. The highest BCUT2D eigenvalue weighted by atomic mass is 15.3. The fourth-order valence-corrected chi connectivity index (χ4v) is 3.26. The van der Waals surface area contributed by atoms with E-state index in [1.807, 2.05) is 28.9 Å². The molecule has 1 aliphatic rings. The molecule has 0 fully saturated rings. The highest BCUT2D eigenvalue weighted by Gasteiger charge is 2.24. The molecule has 2 N–H and O–H groups in total. The van der Waals surface area contributed by atoms with Crippen molar-refractivity contribution in [3.63, 3.8) is 0 Å². The molecule has 23 heavy (non-hydrogen) atoms. The van der Waals surface area contributed by atoms with Crippen LogP contribution in [-0.2, 0) is 19.4 Å². The Bertz CT molecular complexity index is 878. The van der Waals surface area contributed by atoms with E-state index in [2.05, 4.69) is 25.2 Å². The van der Waals surface area contributed by atoms with Crippen molar-refractivity contribution in [2.24, 2.45) is 0 Å². The van der Waals surface area contributed by atoms with Gasteiger partial charge in [0, 0.05) is 23.7 Å². The Labute approximate surface area is 135 Å². The summed E-state index contributed by atoms with van der Waals surface area (Å²) in [6.45, 7) is 1.86. The Morgan fingerprint density at radius 3 is 2.87 bits per heavy atom. The monoisotopic (exact) mass is 307 g/mol. The molecular formula is C18H21N5. The van der Waals surface area contributed by atoms with Crippen molar-refractivity contribution in [1.82, 2.24) is 19.7 Å². The fraction of sp³-hybridized carbons (Fsp3) is 0.333. The average Bonchev–Trinajstić information content (AvgIpc) is 2.96. The molecular weight excluding hydrogens is 286 g/mol. The molecule has 0 radical (unpaired) electrons. The van der Waals surface area contributed by atoms with Gasteiger partial charge in [-0.25, -0.2) is 0 Å². The number of hydrogen-bond donors (Lipinski definition) is 1. The van der Waals surface area contributed by atoms with Gasteiger partial charge in [-0.2, -0.15) is 5.10 Å². The lowest BCUT2D eigenvalue weighted by atomic mass is 9.91. The second-order valence-electron chi connectivity index (χ2n) is 6.43. The highest BCUT2D eigenvalue weighted by molar-refractivity contribution is 5.99. The van der Waals surface area contributed by atoms with E-state index < -0.39 is 0 Å². The van der Waals surface area contributed by atoms with Crippen LogP contribution in [0.4, 0.5) is 5.69 Å². The zero-order chi connectivity index (χ0) is 16.0. The molecule has 3 aromatic rings. The number of fused-ring (bicyclic) bond motifs is 4. The van der Waals surface area contributed by atoms with Crippen LogP contribution in [0.1, 0.15) is 11.3 Å². The van der Waals surface area contributed by atoms with Crippen LogP contribution in [0.25, 0.3) is 22.2 Å². The number of nitrogen functional groups attached to an aromatic ring is 1. The summed E-state index contributed by atoms with van der Waals surface area (Å²) in [7, 11) is 4.15. The number of anilines is 1. The van der Waals surface area contributed by atoms with E-state index in [-0.39, 0.29) is 0 Å². The van der Waals surface area contributed by atoms with Gasteiger partial charge < -0.3 is 10.6 Å². The van der Waals surface area contributed by atoms with Crippen LogP contribution in [0.15, 0.2) is 30.5 Å². The van der Waals surface area contributed by atoms with Crippen molar-refractivity contribution in [1.29, 1.82) is 0 Å². The lowest BCUT2D eigenvalue weighted by molar-refractivity contribution is 0.373. The lowest BCUT2D eigenvalue weighted by Crippen LogP contribution is -2.18. The summed E-state index contributed by atoms with van der Waals surface area (Å²) >= 11 is 0. The van der Waals surface area contributed by atoms with Crippen molar-refractivity contribution in [2.75, 3.05) is 26.4 Å². The molecule has 0 aliphatic heterocycles. The van der Waals surface area contributed by atoms with Crippen molar-refractivity contribution in [3.8, 4) is 11.3 Å². The topological polar surface area (TPSA) is 60.0 Å². The molecule has 5 heteroatoms. The second-order valence-corrected chi connectivity index (χ2v) is 6.43. The molecule has 0 bridgehead atoms. The third kappa shape index (κ3) is 2.37. The van der Waals surface area contributed by atoms with Crippen molar-refractivity contribution < 1.29 is 0 Å². The minimum atomic E-state index is 0.810. The smallest absolute Gasteiger partial charge is 0.0994 e. The van der Waals surface area contributed by atoms with Crippen molar-refractivity contribution >= 4 is 16.6 Å². The molecule has 0 atom stereocenters. The third-order valence-electron chi connectivity index (χ3n) is 4.49. The predicted octanol–water partition coefficient (Wildman–Crippen LogP) is 2.34. The van der Waals surface area contributed by atoms with Crippen LogP contribution in [0.3, 0.4) is 0 Å². The molecule has 0 saturated carbocycles. The van der Waals surface area contributed by atoms with Crippen LogP contribution in [0.2, 0.25) is 0 Å². The number of benzene rings is 1. The lowest BCUT2D eigenvalue weighted by Gasteiger charge is -2.17. The van der Waals surface area contributed by atoms with Crippen LogP contribution in [0, 0.1) is 0 Å². The number of aryl methyl sites for hydroxylation is 2. The Balaban J connectivity index is 1.84. The first-order valence-electron chi connectivity index (χ1n) is 8.02. The van der Waals surface area contributed by atoms with Crippen LogP contribution in [-0.4, -0.2) is 40.3 Å². The summed E-state index contributed by atoms with van der Waals surface area (Å²) < 4.78 is 2.04. The number of pyridine rings is 1. The van der Waals surface area contributed by atoms with Crippen LogP contribution >= 0.6 is 0 Å². The first-order valence-corrected chi connectivity index (χ1v) is 8.02. The SMILES string of the molecule is CN(C)CCn1cc2c(n1)-c1c(nc3ccccc3c1N)CC2. The molecule has 0 saturated heterocycles. The minimum absolute atomic E-state index is 0.810. The summed E-state index contributed by atoms with van der Waals surface area (Å²) in [5, 5.41) is 5.82. The first kappa shape index (κ1) is 14.2. The van der Waals surface area contributed by atoms with Crippen molar-refractivity contribution in [3.05, 3.63) is 41.7 Å². The van der Waals surface area contributed by atoms with Gasteiger partial charge in [-0.15, -0.1) is 0 Å². The standard InChI is InChI=1S/C18H21N5/c1-22(2)9-10-23-11-12-7-8-15-16(18(12)21-23)17(19)13-5-3-4-6-14(13)20-15/h3-6,11H,7-10H2,1-2H3,(H2,19,20). The van der Waals surface area contributed by atoms with Crippen LogP contribution < -0.4 is 5.73 Å². The number of hydrogen-bond acceptors (Lipinski definition) is 4. The zero-order valence-corrected chi connectivity index (χ0v) is 13.6. The second kappa shape index (κ2) is 5.35. The number of nitrogens with zero attached hydrogens (tertiary/aromatic N) is 4. The molecule has 0 unspecified atom stereocenters. The summed E-state index contributed by atoms with van der Waals surface area (Å²) in [4.78, 5) is 6.99. The Morgan fingerprint density at radius 1 is 1.22 bits per heavy atom. The third-order valence-corrected chi connectivity index (χ3v) is 4.49. The molecule has 2 heterocycles. The summed E-state index contributed by atoms with van der Waals surface area (Å²) in [6.07, 6.45) is 4.07. The quantitative estimate of drug-likeness (QED) is 0.807. The fourth-order valence-electron chi connectivity index (χ4n) is 3.26. The van der Waals surface area contributed by atoms with E-state index in [0.717, 1.165) is 59.5 Å². The van der Waals surface area contributed by atoms with Crippen LogP contribution in [0.5, 0.6) is 0 Å². The number of rotatable bonds is 3. The van der Waals surface area contributed by atoms with Gasteiger partial charge in [0.05, 0.1) is 29.1 Å². The molecule has 0 amide bonds. The maximum atomic E-state index is 6.49. The first-order chi connectivity index (χ1) is 11.1. The molecule has 1 aliphatic carbocycles. The number of aromatic nitrogens is 3. The van der Waals surface area contributed by atoms with E-state index >= 15 is 0 Å². The molecule has 118 valence electrons. The predicted molar refractivity (Wildman–Crippen MR) is 93.3 cm³/mol. The maximum absolute atomic E-state index is 6.49. The van der Waals surface area contributed by atoms with E-state index in [4.69, 9.17) is 15.8 Å². The van der Waals surface area contributed by atoms with Gasteiger partial charge in [0.15, 0.2) is 0 Å². The largest absolute Gasteiger partial charge is 0.398 e. The Kier molecular flexibility index (Phi) is 3.31. The summed E-state index contributed by atoms with van der Waals surface area (Å²) in [5.74, 6) is 0. The van der Waals surface area contributed by atoms with E-state index in [0.29, 0.717) is 0 Å². The molecule has 4 rings (SSSR count). The van der Waals surface area contributed by atoms with E-state index in [9.17, 15) is 0 Å². The van der Waals surface area contributed by atoms with Gasteiger partial charge in [0.1, 0.15) is 0 Å². The summed E-state index contributed by atoms with van der Waals surface area (Å²) in [5.41, 5.74) is 12.7. The molecule has 1 aromatic carbocycles.